The van der Waals surface area contributed by atoms with Gasteiger partial charge in [0.15, 0.2) is 5.65 Å². The van der Waals surface area contributed by atoms with E-state index in [2.05, 4.69) is 32.9 Å². The fourth-order valence-corrected chi connectivity index (χ4v) is 4.17. The summed E-state index contributed by atoms with van der Waals surface area (Å²) in [5.74, 6) is 2.56. The summed E-state index contributed by atoms with van der Waals surface area (Å²) in [6.07, 6.45) is 6.94. The molecule has 0 radical (unpaired) electrons. The lowest BCUT2D eigenvalue weighted by molar-refractivity contribution is 0.240. The van der Waals surface area contributed by atoms with Gasteiger partial charge in [-0.25, -0.2) is 9.97 Å². The number of hydrogen-bond acceptors (Lipinski definition) is 4. The van der Waals surface area contributed by atoms with Crippen molar-refractivity contribution in [3.05, 3.63) is 24.2 Å². The Bertz CT molecular complexity index is 658. The van der Waals surface area contributed by atoms with Crippen LogP contribution >= 0.6 is 0 Å². The first-order valence-electron chi connectivity index (χ1n) is 9.01. The molecule has 5 nitrogen and oxygen atoms in total. The number of fused-ring (bicyclic) bond motifs is 1. The van der Waals surface area contributed by atoms with Gasteiger partial charge in [0, 0.05) is 25.2 Å². The van der Waals surface area contributed by atoms with Crippen LogP contribution in [-0.2, 0) is 6.54 Å². The molecule has 1 N–H and O–H groups in total. The van der Waals surface area contributed by atoms with E-state index in [1.807, 2.05) is 12.3 Å². The molecule has 2 aromatic rings. The SMILES string of the molecule is CN1CCCC(c2nc3cccnc3n2CC2CCNCC2)C1. The second-order valence-corrected chi connectivity index (χ2v) is 7.22. The minimum atomic E-state index is 0.546. The van der Waals surface area contributed by atoms with Crippen molar-refractivity contribution in [2.24, 2.45) is 5.92 Å². The van der Waals surface area contributed by atoms with Gasteiger partial charge in [-0.2, -0.15) is 0 Å². The highest BCUT2D eigenvalue weighted by Gasteiger charge is 2.26. The van der Waals surface area contributed by atoms with E-state index in [1.54, 1.807) is 0 Å². The molecule has 0 aliphatic carbocycles. The third kappa shape index (κ3) is 3.12. The summed E-state index contributed by atoms with van der Waals surface area (Å²) < 4.78 is 2.44. The van der Waals surface area contributed by atoms with Crippen molar-refractivity contribution >= 4 is 11.2 Å². The number of hydrogen-bond donors (Lipinski definition) is 1. The number of piperidine rings is 2. The van der Waals surface area contributed by atoms with Crippen LogP contribution in [0.4, 0.5) is 0 Å². The molecule has 2 aromatic heterocycles. The second kappa shape index (κ2) is 6.57. The van der Waals surface area contributed by atoms with Crippen molar-refractivity contribution in [3.8, 4) is 0 Å². The Kier molecular flexibility index (Phi) is 4.31. The number of likely N-dealkylation sites (N-methyl/N-ethyl adjacent to an activating group) is 1. The maximum Gasteiger partial charge on any atom is 0.160 e. The summed E-state index contributed by atoms with van der Waals surface area (Å²) >= 11 is 0. The van der Waals surface area contributed by atoms with E-state index in [0.29, 0.717) is 5.92 Å². The van der Waals surface area contributed by atoms with Gasteiger partial charge in [-0.05, 0) is 70.4 Å². The van der Waals surface area contributed by atoms with Gasteiger partial charge in [-0.1, -0.05) is 0 Å². The van der Waals surface area contributed by atoms with Crippen molar-refractivity contribution in [1.29, 1.82) is 0 Å². The third-order valence-corrected chi connectivity index (χ3v) is 5.42. The van der Waals surface area contributed by atoms with Crippen LogP contribution in [0.3, 0.4) is 0 Å². The maximum atomic E-state index is 4.99. The summed E-state index contributed by atoms with van der Waals surface area (Å²) in [5, 5.41) is 3.47. The van der Waals surface area contributed by atoms with Crippen LogP contribution in [-0.4, -0.2) is 52.7 Å². The highest BCUT2D eigenvalue weighted by Crippen LogP contribution is 2.29. The van der Waals surface area contributed by atoms with Crippen LogP contribution in [0.25, 0.3) is 11.2 Å². The van der Waals surface area contributed by atoms with Crippen LogP contribution < -0.4 is 5.32 Å². The number of likely N-dealkylation sites (tertiary alicyclic amines) is 1. The Balaban J connectivity index is 1.68. The summed E-state index contributed by atoms with van der Waals surface area (Å²) in [5.41, 5.74) is 2.14. The molecular formula is C18H27N5. The third-order valence-electron chi connectivity index (χ3n) is 5.42. The number of nitrogens with zero attached hydrogens (tertiary/aromatic N) is 4. The second-order valence-electron chi connectivity index (χ2n) is 7.22. The lowest BCUT2D eigenvalue weighted by Gasteiger charge is -2.30. The van der Waals surface area contributed by atoms with Gasteiger partial charge < -0.3 is 14.8 Å². The molecule has 4 heterocycles. The van der Waals surface area contributed by atoms with Gasteiger partial charge in [0.1, 0.15) is 11.3 Å². The van der Waals surface area contributed by atoms with E-state index in [0.717, 1.165) is 43.3 Å². The van der Waals surface area contributed by atoms with Gasteiger partial charge in [0.25, 0.3) is 0 Å². The first-order valence-corrected chi connectivity index (χ1v) is 9.01. The Morgan fingerprint density at radius 3 is 2.96 bits per heavy atom. The molecule has 0 bridgehead atoms. The molecule has 2 saturated heterocycles. The Labute approximate surface area is 138 Å². The zero-order chi connectivity index (χ0) is 15.6. The molecule has 2 aliphatic rings. The monoisotopic (exact) mass is 313 g/mol. The van der Waals surface area contributed by atoms with Crippen molar-refractivity contribution in [2.75, 3.05) is 33.2 Å². The van der Waals surface area contributed by atoms with Crippen LogP contribution in [0.15, 0.2) is 18.3 Å². The highest BCUT2D eigenvalue weighted by molar-refractivity contribution is 5.71. The Morgan fingerprint density at radius 2 is 2.13 bits per heavy atom. The molecule has 124 valence electrons. The van der Waals surface area contributed by atoms with E-state index in [9.17, 15) is 0 Å². The Hall–Kier alpha value is -1.46. The van der Waals surface area contributed by atoms with Crippen molar-refractivity contribution in [2.45, 2.75) is 38.1 Å². The van der Waals surface area contributed by atoms with E-state index < -0.39 is 0 Å². The molecule has 2 fully saturated rings. The molecule has 0 amide bonds. The van der Waals surface area contributed by atoms with E-state index >= 15 is 0 Å². The fourth-order valence-electron chi connectivity index (χ4n) is 4.17. The predicted octanol–water partition coefficient (Wildman–Crippen LogP) is 2.24. The quantitative estimate of drug-likeness (QED) is 0.944. The summed E-state index contributed by atoms with van der Waals surface area (Å²) in [6, 6.07) is 4.11. The number of rotatable bonds is 3. The first kappa shape index (κ1) is 15.1. The first-order chi connectivity index (χ1) is 11.3. The van der Waals surface area contributed by atoms with Crippen LogP contribution in [0, 0.1) is 5.92 Å². The van der Waals surface area contributed by atoms with Crippen LogP contribution in [0.2, 0.25) is 0 Å². The minimum absolute atomic E-state index is 0.546. The fraction of sp³-hybridized carbons (Fsp3) is 0.667. The standard InChI is InChI=1S/C18H27N5/c1-22-11-3-4-15(13-22)17-21-16-5-2-8-20-18(16)23(17)12-14-6-9-19-10-7-14/h2,5,8,14-15,19H,3-4,6-7,9-13H2,1H3. The average molecular weight is 313 g/mol. The molecular weight excluding hydrogens is 286 g/mol. The highest BCUT2D eigenvalue weighted by atomic mass is 15.2. The van der Waals surface area contributed by atoms with Gasteiger partial charge >= 0.3 is 0 Å². The molecule has 5 heteroatoms. The summed E-state index contributed by atoms with van der Waals surface area (Å²) in [7, 11) is 2.23. The summed E-state index contributed by atoms with van der Waals surface area (Å²) in [6.45, 7) is 5.70. The molecule has 2 aliphatic heterocycles. The van der Waals surface area contributed by atoms with Crippen LogP contribution in [0.5, 0.6) is 0 Å². The smallest absolute Gasteiger partial charge is 0.160 e. The predicted molar refractivity (Wildman–Crippen MR) is 92.6 cm³/mol. The largest absolute Gasteiger partial charge is 0.317 e. The van der Waals surface area contributed by atoms with Gasteiger partial charge in [-0.3, -0.25) is 0 Å². The van der Waals surface area contributed by atoms with E-state index in [1.165, 1.54) is 38.1 Å². The number of imidazole rings is 1. The topological polar surface area (TPSA) is 46.0 Å². The number of nitrogens with one attached hydrogen (secondary N) is 1. The van der Waals surface area contributed by atoms with E-state index in [-0.39, 0.29) is 0 Å². The molecule has 0 aromatic carbocycles. The molecule has 0 spiro atoms. The molecule has 23 heavy (non-hydrogen) atoms. The van der Waals surface area contributed by atoms with Crippen molar-refractivity contribution in [1.82, 2.24) is 24.8 Å². The van der Waals surface area contributed by atoms with E-state index in [4.69, 9.17) is 4.98 Å². The zero-order valence-corrected chi connectivity index (χ0v) is 14.0. The van der Waals surface area contributed by atoms with Gasteiger partial charge in [-0.15, -0.1) is 0 Å². The molecule has 4 rings (SSSR count). The maximum absolute atomic E-state index is 4.99. The van der Waals surface area contributed by atoms with Crippen LogP contribution in [0.1, 0.15) is 37.4 Å². The number of aromatic nitrogens is 3. The Morgan fingerprint density at radius 1 is 1.26 bits per heavy atom. The van der Waals surface area contributed by atoms with Crippen molar-refractivity contribution in [3.63, 3.8) is 0 Å². The normalized spacial score (nSPS) is 24.3. The van der Waals surface area contributed by atoms with Gasteiger partial charge in [0.2, 0.25) is 0 Å². The minimum Gasteiger partial charge on any atom is -0.317 e. The number of pyridine rings is 1. The van der Waals surface area contributed by atoms with Gasteiger partial charge in [0.05, 0.1) is 0 Å². The lowest BCUT2D eigenvalue weighted by atomic mass is 9.95. The summed E-state index contributed by atoms with van der Waals surface area (Å²) in [4.78, 5) is 12.1. The van der Waals surface area contributed by atoms with Crippen molar-refractivity contribution < 1.29 is 0 Å². The average Bonchev–Trinajstić information content (AvgIpc) is 2.95. The molecule has 0 saturated carbocycles. The molecule has 1 atom stereocenters. The zero-order valence-electron chi connectivity index (χ0n) is 14.0. The lowest BCUT2D eigenvalue weighted by Crippen LogP contribution is -2.33. The molecule has 1 unspecified atom stereocenters.